The fourth-order valence-electron chi connectivity index (χ4n) is 2.72. The number of aromatic amines is 1. The second-order valence-corrected chi connectivity index (χ2v) is 6.13. The van der Waals surface area contributed by atoms with Gasteiger partial charge in [0.05, 0.1) is 16.0 Å². The van der Waals surface area contributed by atoms with Crippen molar-refractivity contribution in [3.63, 3.8) is 0 Å². The van der Waals surface area contributed by atoms with Gasteiger partial charge in [0.2, 0.25) is 5.91 Å². The molecule has 0 saturated carbocycles. The van der Waals surface area contributed by atoms with E-state index in [2.05, 4.69) is 20.6 Å². The van der Waals surface area contributed by atoms with Crippen molar-refractivity contribution in [2.45, 2.75) is 19.3 Å². The summed E-state index contributed by atoms with van der Waals surface area (Å²) in [5, 5.41) is 16.6. The van der Waals surface area contributed by atoms with E-state index in [-0.39, 0.29) is 11.6 Å². The van der Waals surface area contributed by atoms with E-state index in [0.717, 1.165) is 22.5 Å². The molecule has 140 valence electrons. The predicted molar refractivity (Wildman–Crippen MR) is 104 cm³/mol. The molecule has 1 amide bonds. The summed E-state index contributed by atoms with van der Waals surface area (Å²) in [6.07, 6.45) is 1.75. The number of amides is 1. The molecule has 0 aliphatic carbocycles. The zero-order valence-corrected chi connectivity index (χ0v) is 14.8. The van der Waals surface area contributed by atoms with Crippen LogP contribution in [0.4, 0.5) is 11.4 Å². The molecule has 0 unspecified atom stereocenters. The van der Waals surface area contributed by atoms with Crippen molar-refractivity contribution in [2.24, 2.45) is 0 Å². The van der Waals surface area contributed by atoms with Gasteiger partial charge in [0, 0.05) is 43.8 Å². The third kappa shape index (κ3) is 5.27. The Morgan fingerprint density at radius 3 is 2.63 bits per heavy atom. The second kappa shape index (κ2) is 8.79. The predicted octanol–water partition coefficient (Wildman–Crippen LogP) is 3.02. The molecule has 0 bridgehead atoms. The molecule has 0 atom stereocenters. The third-order valence-electron chi connectivity index (χ3n) is 4.11. The highest BCUT2D eigenvalue weighted by molar-refractivity contribution is 5.76. The van der Waals surface area contributed by atoms with Crippen molar-refractivity contribution < 1.29 is 9.72 Å². The normalized spacial score (nSPS) is 10.7. The number of non-ortho nitro benzene ring substituents is 1. The van der Waals surface area contributed by atoms with Crippen molar-refractivity contribution in [3.05, 3.63) is 64.5 Å². The average molecular weight is 367 g/mol. The van der Waals surface area contributed by atoms with Gasteiger partial charge in [0.1, 0.15) is 5.82 Å². The molecule has 0 aliphatic rings. The number of hydrogen-bond acceptors (Lipinski definition) is 5. The summed E-state index contributed by atoms with van der Waals surface area (Å²) < 4.78 is 0. The van der Waals surface area contributed by atoms with Crippen molar-refractivity contribution >= 4 is 28.3 Å². The quantitative estimate of drug-likeness (QED) is 0.306. The number of aromatic nitrogens is 2. The van der Waals surface area contributed by atoms with Crippen LogP contribution in [0.2, 0.25) is 0 Å². The Labute approximate surface area is 156 Å². The van der Waals surface area contributed by atoms with Crippen molar-refractivity contribution in [3.8, 4) is 0 Å². The number of nitrogens with one attached hydrogen (secondary N) is 3. The first-order valence-corrected chi connectivity index (χ1v) is 8.80. The smallest absolute Gasteiger partial charge is 0.269 e. The molecule has 8 heteroatoms. The number of benzene rings is 2. The Balaban J connectivity index is 1.32. The van der Waals surface area contributed by atoms with Crippen LogP contribution in [0.5, 0.6) is 0 Å². The van der Waals surface area contributed by atoms with Gasteiger partial charge in [-0.15, -0.1) is 0 Å². The monoisotopic (exact) mass is 367 g/mol. The number of anilines is 1. The summed E-state index contributed by atoms with van der Waals surface area (Å²) in [7, 11) is 0. The number of H-pyrrole nitrogens is 1. The number of carbonyl (C=O) groups is 1. The molecule has 1 heterocycles. The Hall–Kier alpha value is -3.42. The molecule has 27 heavy (non-hydrogen) atoms. The number of nitrogens with zero attached hydrogens (tertiary/aromatic N) is 2. The van der Waals surface area contributed by atoms with E-state index in [9.17, 15) is 14.9 Å². The van der Waals surface area contributed by atoms with Gasteiger partial charge in [-0.25, -0.2) is 4.98 Å². The second-order valence-electron chi connectivity index (χ2n) is 6.13. The van der Waals surface area contributed by atoms with Crippen molar-refractivity contribution in [1.29, 1.82) is 0 Å². The molecule has 3 N–H and O–H groups in total. The summed E-state index contributed by atoms with van der Waals surface area (Å²) >= 11 is 0. The molecule has 3 rings (SSSR count). The van der Waals surface area contributed by atoms with E-state index < -0.39 is 4.92 Å². The van der Waals surface area contributed by atoms with Crippen LogP contribution in [0.1, 0.15) is 18.7 Å². The largest absolute Gasteiger partial charge is 0.385 e. The van der Waals surface area contributed by atoms with Gasteiger partial charge in [-0.1, -0.05) is 12.1 Å². The molecule has 0 radical (unpaired) electrons. The van der Waals surface area contributed by atoms with Crippen molar-refractivity contribution in [2.75, 3.05) is 18.4 Å². The molecule has 0 spiro atoms. The van der Waals surface area contributed by atoms with Crippen molar-refractivity contribution in [1.82, 2.24) is 15.3 Å². The molecule has 0 aliphatic heterocycles. The third-order valence-corrected chi connectivity index (χ3v) is 4.11. The highest BCUT2D eigenvalue weighted by Crippen LogP contribution is 2.15. The minimum absolute atomic E-state index is 0.00314. The summed E-state index contributed by atoms with van der Waals surface area (Å²) in [6, 6.07) is 14.0. The molecular formula is C19H21N5O3. The molecule has 3 aromatic rings. The maximum atomic E-state index is 11.9. The summed E-state index contributed by atoms with van der Waals surface area (Å²) in [4.78, 5) is 29.8. The van der Waals surface area contributed by atoms with Gasteiger partial charge >= 0.3 is 0 Å². The topological polar surface area (TPSA) is 113 Å². The van der Waals surface area contributed by atoms with E-state index in [1.807, 2.05) is 24.3 Å². The first-order valence-electron chi connectivity index (χ1n) is 8.80. The molecular weight excluding hydrogens is 346 g/mol. The molecule has 8 nitrogen and oxygen atoms in total. The Morgan fingerprint density at radius 1 is 1.11 bits per heavy atom. The average Bonchev–Trinajstić information content (AvgIpc) is 3.08. The van der Waals surface area contributed by atoms with Crippen LogP contribution in [0, 0.1) is 10.1 Å². The van der Waals surface area contributed by atoms with Crippen LogP contribution in [0.25, 0.3) is 11.0 Å². The summed E-state index contributed by atoms with van der Waals surface area (Å²) in [5.74, 6) is 0.855. The Kier molecular flexibility index (Phi) is 5.98. The number of para-hydroxylation sites is 2. The lowest BCUT2D eigenvalue weighted by molar-refractivity contribution is -0.384. The number of nitro groups is 1. The van der Waals surface area contributed by atoms with Crippen LogP contribution < -0.4 is 10.6 Å². The number of nitro benzene ring substituents is 1. The molecule has 1 aromatic heterocycles. The van der Waals surface area contributed by atoms with Crippen LogP contribution in [-0.4, -0.2) is 33.9 Å². The first kappa shape index (κ1) is 18.4. The molecule has 0 fully saturated rings. The highest BCUT2D eigenvalue weighted by Gasteiger charge is 2.05. The van der Waals surface area contributed by atoms with Gasteiger partial charge in [0.15, 0.2) is 0 Å². The number of carbonyl (C=O) groups excluding carboxylic acids is 1. The van der Waals surface area contributed by atoms with E-state index in [1.165, 1.54) is 12.1 Å². The minimum Gasteiger partial charge on any atom is -0.385 e. The lowest BCUT2D eigenvalue weighted by atomic mass is 10.2. The van der Waals surface area contributed by atoms with Crippen LogP contribution >= 0.6 is 0 Å². The first-order chi connectivity index (χ1) is 13.1. The van der Waals surface area contributed by atoms with Gasteiger partial charge < -0.3 is 15.6 Å². The zero-order valence-electron chi connectivity index (χ0n) is 14.8. The fraction of sp³-hybridized carbons (Fsp3) is 0.263. The summed E-state index contributed by atoms with van der Waals surface area (Å²) in [6.45, 7) is 1.16. The zero-order chi connectivity index (χ0) is 19.1. The van der Waals surface area contributed by atoms with Gasteiger partial charge in [-0.2, -0.15) is 0 Å². The minimum atomic E-state index is -0.431. The number of hydrogen-bond donors (Lipinski definition) is 3. The Bertz CT molecular complexity index is 887. The van der Waals surface area contributed by atoms with Crippen LogP contribution in [0.3, 0.4) is 0 Å². The van der Waals surface area contributed by atoms with Gasteiger partial charge in [0.25, 0.3) is 5.69 Å². The van der Waals surface area contributed by atoms with E-state index in [4.69, 9.17) is 0 Å². The number of imidazole rings is 1. The maximum absolute atomic E-state index is 11.9. The SMILES string of the molecule is O=C(CCCNc1ccc([N+](=O)[O-])cc1)NCCc1nc2ccccc2[nH]1. The molecule has 2 aromatic carbocycles. The van der Waals surface area contributed by atoms with E-state index >= 15 is 0 Å². The maximum Gasteiger partial charge on any atom is 0.269 e. The van der Waals surface area contributed by atoms with Gasteiger partial charge in [-0.05, 0) is 30.7 Å². The van der Waals surface area contributed by atoms with Crippen LogP contribution in [0.15, 0.2) is 48.5 Å². The Morgan fingerprint density at radius 2 is 1.89 bits per heavy atom. The van der Waals surface area contributed by atoms with E-state index in [1.54, 1.807) is 12.1 Å². The lowest BCUT2D eigenvalue weighted by Gasteiger charge is -2.07. The van der Waals surface area contributed by atoms with Gasteiger partial charge in [-0.3, -0.25) is 14.9 Å². The highest BCUT2D eigenvalue weighted by atomic mass is 16.6. The number of rotatable bonds is 9. The van der Waals surface area contributed by atoms with E-state index in [0.29, 0.717) is 32.4 Å². The fourth-order valence-corrected chi connectivity index (χ4v) is 2.72. The number of fused-ring (bicyclic) bond motifs is 1. The lowest BCUT2D eigenvalue weighted by Crippen LogP contribution is -2.26. The van der Waals surface area contributed by atoms with Crippen LogP contribution in [-0.2, 0) is 11.2 Å². The molecule has 0 saturated heterocycles. The summed E-state index contributed by atoms with van der Waals surface area (Å²) in [5.41, 5.74) is 2.78. The standard InChI is InChI=1S/C19H21N5O3/c25-19(6-3-12-20-14-7-9-15(10-8-14)24(26)27)21-13-11-18-22-16-4-1-2-5-17(16)23-18/h1-2,4-5,7-10,20H,3,6,11-13H2,(H,21,25)(H,22,23).